The van der Waals surface area contributed by atoms with E-state index < -0.39 is 0 Å². The Kier molecular flexibility index (Phi) is 8.28. The molecule has 2 unspecified atom stereocenters. The lowest BCUT2D eigenvalue weighted by Crippen LogP contribution is -2.23. The number of hydrogen-bond acceptors (Lipinski definition) is 4. The Morgan fingerprint density at radius 3 is 1.53 bits per heavy atom. The van der Waals surface area contributed by atoms with Crippen molar-refractivity contribution in [2.45, 2.75) is 11.8 Å². The van der Waals surface area contributed by atoms with E-state index in [4.69, 9.17) is 19.7 Å². The summed E-state index contributed by atoms with van der Waals surface area (Å²) in [6.07, 6.45) is 0. The van der Waals surface area contributed by atoms with E-state index in [1.807, 2.05) is 12.1 Å². The molecule has 5 nitrogen and oxygen atoms in total. The van der Waals surface area contributed by atoms with Crippen LogP contribution < -0.4 is 4.74 Å². The predicted octanol–water partition coefficient (Wildman–Crippen LogP) is 14.7. The molecule has 0 amide bonds. The molecule has 0 fully saturated rings. The van der Waals surface area contributed by atoms with E-state index in [9.17, 15) is 0 Å². The van der Waals surface area contributed by atoms with Gasteiger partial charge in [0.1, 0.15) is 11.5 Å². The molecule has 0 spiro atoms. The summed E-state index contributed by atoms with van der Waals surface area (Å²) in [5, 5.41) is 2.52. The zero-order chi connectivity index (χ0) is 42.1. The van der Waals surface area contributed by atoms with Gasteiger partial charge >= 0.3 is 0 Å². The first-order chi connectivity index (χ1) is 31.7. The Hall–Kier alpha value is -8.41. The molecule has 0 N–H and O–H groups in total. The first kappa shape index (κ1) is 36.3. The number of nitrogens with zero attached hydrogens (tertiary/aromatic N) is 4. The number of hydrogen-bond donors (Lipinski definition) is 0. The maximum atomic E-state index is 7.08. The Morgan fingerprint density at radius 2 is 0.828 bits per heavy atom. The highest BCUT2D eigenvalue weighted by atomic mass is 16.5. The van der Waals surface area contributed by atoms with Crippen molar-refractivity contribution in [3.63, 3.8) is 0 Å². The summed E-state index contributed by atoms with van der Waals surface area (Å²) in [7, 11) is 0. The smallest absolute Gasteiger partial charge is 0.167 e. The normalized spacial score (nSPS) is 14.7. The molecular weight excluding hydrogens is 781 g/mol. The van der Waals surface area contributed by atoms with Crippen molar-refractivity contribution in [3.8, 4) is 73.6 Å². The van der Waals surface area contributed by atoms with E-state index in [2.05, 4.69) is 211 Å². The second kappa shape index (κ2) is 14.6. The average molecular weight is 819 g/mol. The van der Waals surface area contributed by atoms with Crippen molar-refractivity contribution in [2.24, 2.45) is 0 Å². The summed E-state index contributed by atoms with van der Waals surface area (Å²) in [5.41, 5.74) is 15.7. The topological polar surface area (TPSA) is 52.8 Å². The molecule has 11 aromatic rings. The first-order valence-electron chi connectivity index (χ1n) is 21.8. The largest absolute Gasteiger partial charge is 0.456 e. The van der Waals surface area contributed by atoms with Crippen LogP contribution in [0.2, 0.25) is 0 Å². The third kappa shape index (κ3) is 5.75. The summed E-state index contributed by atoms with van der Waals surface area (Å²) >= 11 is 0. The summed E-state index contributed by atoms with van der Waals surface area (Å²) in [4.78, 5) is 15.7. The van der Waals surface area contributed by atoms with Crippen molar-refractivity contribution in [1.82, 2.24) is 19.5 Å². The molecule has 0 saturated carbocycles. The van der Waals surface area contributed by atoms with E-state index in [0.29, 0.717) is 17.5 Å². The number of benzene rings is 9. The van der Waals surface area contributed by atoms with Gasteiger partial charge in [-0.15, -0.1) is 0 Å². The van der Waals surface area contributed by atoms with Gasteiger partial charge in [-0.05, 0) is 57.6 Å². The molecule has 2 aliphatic heterocycles. The predicted molar refractivity (Wildman–Crippen MR) is 258 cm³/mol. The SMILES string of the molecule is c1ccc(-c2ccc(-c3nc(-c4ccc(-c5ccccc5)cc4)nc(-c4cccc5c4Oc4ccccc4C5C4c5ccccc5-n5c6ccccc6c6cccc4c65)n3)cc2)cc1. The summed E-state index contributed by atoms with van der Waals surface area (Å²) < 4.78 is 9.55. The molecule has 2 aromatic heterocycles. The van der Waals surface area contributed by atoms with Gasteiger partial charge in [-0.2, -0.15) is 0 Å². The minimum Gasteiger partial charge on any atom is -0.456 e. The van der Waals surface area contributed by atoms with E-state index in [1.165, 1.54) is 38.6 Å². The molecule has 9 aromatic carbocycles. The quantitative estimate of drug-likeness (QED) is 0.168. The molecule has 2 aliphatic rings. The third-order valence-electron chi connectivity index (χ3n) is 13.1. The van der Waals surface area contributed by atoms with Crippen molar-refractivity contribution >= 4 is 21.8 Å². The third-order valence-corrected chi connectivity index (χ3v) is 13.1. The Balaban J connectivity index is 1.00. The minimum atomic E-state index is -0.0738. The summed E-state index contributed by atoms with van der Waals surface area (Å²) in [5.74, 6) is 3.27. The van der Waals surface area contributed by atoms with Crippen LogP contribution >= 0.6 is 0 Å². The number of fused-ring (bicyclic) bond motifs is 7. The zero-order valence-corrected chi connectivity index (χ0v) is 34.6. The maximum absolute atomic E-state index is 7.08. The summed E-state index contributed by atoms with van der Waals surface area (Å²) in [6, 6.07) is 77.4. The van der Waals surface area contributed by atoms with Gasteiger partial charge in [0.15, 0.2) is 17.5 Å². The Morgan fingerprint density at radius 1 is 0.344 bits per heavy atom. The highest BCUT2D eigenvalue weighted by molar-refractivity contribution is 6.11. The van der Waals surface area contributed by atoms with Crippen LogP contribution in [0.25, 0.3) is 83.9 Å². The van der Waals surface area contributed by atoms with Gasteiger partial charge in [-0.25, -0.2) is 15.0 Å². The Bertz CT molecular complexity index is 3480. The van der Waals surface area contributed by atoms with Crippen molar-refractivity contribution in [3.05, 3.63) is 241 Å². The standard InChI is InChI=1S/C59H38N4O/c1-3-15-37(16-4-1)39-29-33-41(34-30-39)57-60-58(42-35-31-40(32-36-42)38-17-5-2-6-18-38)62-59(61-57)49-25-14-24-48-54(46-21-9-12-28-52(46)64-56(48)49)53-45-20-8-11-27-51(45)63-50-26-10-7-19-43(50)44-22-13-23-47(53)55(44)63/h1-36,53-54H. The molecule has 0 bridgehead atoms. The van der Waals surface area contributed by atoms with Crippen LogP contribution in [0.1, 0.15) is 34.1 Å². The molecule has 0 saturated heterocycles. The van der Waals surface area contributed by atoms with Crippen LogP contribution in [0.5, 0.6) is 11.5 Å². The lowest BCUT2D eigenvalue weighted by molar-refractivity contribution is 0.439. The number of rotatable bonds is 6. The molecule has 0 radical (unpaired) electrons. The molecule has 2 atom stereocenters. The average Bonchev–Trinajstić information content (AvgIpc) is 3.72. The van der Waals surface area contributed by atoms with E-state index in [1.54, 1.807) is 0 Å². The number of ether oxygens (including phenoxy) is 1. The van der Waals surface area contributed by atoms with Gasteiger partial charge in [0, 0.05) is 44.9 Å². The zero-order valence-electron chi connectivity index (χ0n) is 34.6. The number of para-hydroxylation sites is 5. The molecule has 64 heavy (non-hydrogen) atoms. The lowest BCUT2D eigenvalue weighted by Gasteiger charge is -2.38. The highest BCUT2D eigenvalue weighted by Crippen LogP contribution is 2.58. The maximum Gasteiger partial charge on any atom is 0.167 e. The van der Waals surface area contributed by atoms with Crippen LogP contribution in [0.4, 0.5) is 0 Å². The first-order valence-corrected chi connectivity index (χ1v) is 21.8. The monoisotopic (exact) mass is 818 g/mol. The van der Waals surface area contributed by atoms with Gasteiger partial charge in [-0.3, -0.25) is 0 Å². The fourth-order valence-corrected chi connectivity index (χ4v) is 10.2. The van der Waals surface area contributed by atoms with Gasteiger partial charge in [0.25, 0.3) is 0 Å². The molecule has 4 heterocycles. The van der Waals surface area contributed by atoms with Crippen molar-refractivity contribution in [1.29, 1.82) is 0 Å². The van der Waals surface area contributed by atoms with Crippen molar-refractivity contribution in [2.75, 3.05) is 0 Å². The van der Waals surface area contributed by atoms with Gasteiger partial charge in [0.2, 0.25) is 0 Å². The highest BCUT2D eigenvalue weighted by Gasteiger charge is 2.41. The molecule has 13 rings (SSSR count). The minimum absolute atomic E-state index is 0.00787. The van der Waals surface area contributed by atoms with E-state index in [-0.39, 0.29) is 11.8 Å². The molecule has 0 aliphatic carbocycles. The number of aromatic nitrogens is 4. The van der Waals surface area contributed by atoms with Crippen LogP contribution in [0.3, 0.4) is 0 Å². The van der Waals surface area contributed by atoms with Crippen molar-refractivity contribution < 1.29 is 4.74 Å². The van der Waals surface area contributed by atoms with Crippen LogP contribution in [0.15, 0.2) is 218 Å². The van der Waals surface area contributed by atoms with Gasteiger partial charge in [0.05, 0.1) is 22.3 Å². The molecule has 5 heteroatoms. The fraction of sp³-hybridized carbons (Fsp3) is 0.0339. The van der Waals surface area contributed by atoms with Gasteiger partial charge < -0.3 is 9.30 Å². The molecule has 300 valence electrons. The van der Waals surface area contributed by atoms with Gasteiger partial charge in [-0.1, -0.05) is 194 Å². The second-order valence-corrected chi connectivity index (χ2v) is 16.7. The summed E-state index contributed by atoms with van der Waals surface area (Å²) in [6.45, 7) is 0. The van der Waals surface area contributed by atoms with Crippen LogP contribution in [-0.4, -0.2) is 19.5 Å². The Labute approximate surface area is 370 Å². The van der Waals surface area contributed by atoms with Crippen LogP contribution in [-0.2, 0) is 0 Å². The van der Waals surface area contributed by atoms with Crippen LogP contribution in [0, 0.1) is 0 Å². The van der Waals surface area contributed by atoms with E-state index in [0.717, 1.165) is 61.6 Å². The fourth-order valence-electron chi connectivity index (χ4n) is 10.2. The molecular formula is C59H38N4O. The second-order valence-electron chi connectivity index (χ2n) is 16.7. The lowest BCUT2D eigenvalue weighted by atomic mass is 9.70. The van der Waals surface area contributed by atoms with E-state index >= 15 is 0 Å².